The van der Waals surface area contributed by atoms with Crippen molar-refractivity contribution in [3.8, 4) is 0 Å². The predicted molar refractivity (Wildman–Crippen MR) is 92.0 cm³/mol. The zero-order valence-electron chi connectivity index (χ0n) is 14.2. The number of aryl methyl sites for hydroxylation is 2. The maximum Gasteiger partial charge on any atom is 0.318 e. The molecule has 7 nitrogen and oxygen atoms in total. The van der Waals surface area contributed by atoms with E-state index in [0.29, 0.717) is 19.7 Å². The molecule has 2 aromatic heterocycles. The first-order valence-corrected chi connectivity index (χ1v) is 9.00. The first-order valence-electron chi connectivity index (χ1n) is 8.18. The van der Waals surface area contributed by atoms with Crippen molar-refractivity contribution in [3.05, 3.63) is 34.0 Å². The number of amides is 2. The lowest BCUT2D eigenvalue weighted by atomic mass is 10.1. The maximum absolute atomic E-state index is 12.5. The summed E-state index contributed by atoms with van der Waals surface area (Å²) in [7, 11) is 0. The Morgan fingerprint density at radius 3 is 3.04 bits per heavy atom. The molecule has 2 aromatic rings. The fourth-order valence-corrected chi connectivity index (χ4v) is 3.44. The number of ether oxygens (including phenoxy) is 1. The second kappa shape index (κ2) is 7.31. The molecule has 0 aromatic carbocycles. The molecule has 3 rings (SSSR count). The molecule has 1 N–H and O–H groups in total. The molecule has 1 aliphatic heterocycles. The molecule has 0 radical (unpaired) electrons. The first kappa shape index (κ1) is 16.9. The first-order chi connectivity index (χ1) is 11.6. The van der Waals surface area contributed by atoms with Crippen LogP contribution in [0.25, 0.3) is 0 Å². The molecular weight excluding hydrogens is 326 g/mol. The van der Waals surface area contributed by atoms with Gasteiger partial charge in [-0.3, -0.25) is 4.68 Å². The van der Waals surface area contributed by atoms with Crippen molar-refractivity contribution < 1.29 is 9.53 Å². The highest BCUT2D eigenvalue weighted by Crippen LogP contribution is 2.23. The summed E-state index contributed by atoms with van der Waals surface area (Å²) in [6.45, 7) is 8.48. The Morgan fingerprint density at radius 2 is 2.38 bits per heavy atom. The Bertz CT molecular complexity index is 698. The summed E-state index contributed by atoms with van der Waals surface area (Å²) in [5.74, 6) is 0. The number of morpholine rings is 1. The second-order valence-electron chi connectivity index (χ2n) is 5.92. The lowest BCUT2D eigenvalue weighted by Crippen LogP contribution is -2.47. The van der Waals surface area contributed by atoms with Crippen LogP contribution in [0.4, 0.5) is 4.79 Å². The van der Waals surface area contributed by atoms with Crippen LogP contribution in [0, 0.1) is 6.92 Å². The highest BCUT2D eigenvalue weighted by atomic mass is 32.1. The summed E-state index contributed by atoms with van der Waals surface area (Å²) in [5, 5.41) is 8.23. The summed E-state index contributed by atoms with van der Waals surface area (Å²) in [6.07, 6.45) is 5.50. The van der Waals surface area contributed by atoms with Gasteiger partial charge in [-0.2, -0.15) is 5.10 Å². The molecule has 1 fully saturated rings. The van der Waals surface area contributed by atoms with Crippen molar-refractivity contribution in [2.75, 3.05) is 19.7 Å². The van der Waals surface area contributed by atoms with E-state index in [1.54, 1.807) is 16.2 Å². The minimum atomic E-state index is -0.123. The molecule has 0 aliphatic carbocycles. The van der Waals surface area contributed by atoms with Crippen LogP contribution < -0.4 is 5.32 Å². The SMILES string of the molecule is CCn1cc([C@H]2CN(C(=O)N[C@@H](C)c3ncc(C)s3)CCO2)cn1. The molecule has 0 spiro atoms. The summed E-state index contributed by atoms with van der Waals surface area (Å²) < 4.78 is 7.68. The highest BCUT2D eigenvalue weighted by molar-refractivity contribution is 7.11. The van der Waals surface area contributed by atoms with Crippen LogP contribution in [0.2, 0.25) is 0 Å². The van der Waals surface area contributed by atoms with Gasteiger partial charge in [0, 0.05) is 35.9 Å². The quantitative estimate of drug-likeness (QED) is 0.920. The van der Waals surface area contributed by atoms with E-state index in [1.165, 1.54) is 0 Å². The Hall–Kier alpha value is -1.93. The number of carbonyl (C=O) groups is 1. The molecule has 8 heteroatoms. The number of carbonyl (C=O) groups excluding carboxylic acids is 1. The van der Waals surface area contributed by atoms with Crippen molar-refractivity contribution in [3.63, 3.8) is 0 Å². The van der Waals surface area contributed by atoms with Gasteiger partial charge in [-0.25, -0.2) is 9.78 Å². The maximum atomic E-state index is 12.5. The zero-order valence-corrected chi connectivity index (χ0v) is 15.0. The summed E-state index contributed by atoms with van der Waals surface area (Å²) in [6, 6.07) is -0.174. The lowest BCUT2D eigenvalue weighted by Gasteiger charge is -2.33. The third-order valence-corrected chi connectivity index (χ3v) is 5.15. The van der Waals surface area contributed by atoms with Crippen LogP contribution in [0.1, 0.15) is 41.4 Å². The van der Waals surface area contributed by atoms with Gasteiger partial charge in [-0.1, -0.05) is 0 Å². The third-order valence-electron chi connectivity index (χ3n) is 4.05. The van der Waals surface area contributed by atoms with Crippen LogP contribution in [0.5, 0.6) is 0 Å². The van der Waals surface area contributed by atoms with Crippen molar-refractivity contribution in [1.29, 1.82) is 0 Å². The normalized spacial score (nSPS) is 19.3. The number of hydrogen-bond acceptors (Lipinski definition) is 5. The molecule has 3 heterocycles. The van der Waals surface area contributed by atoms with E-state index in [-0.39, 0.29) is 18.2 Å². The molecule has 0 bridgehead atoms. The van der Waals surface area contributed by atoms with Gasteiger partial charge in [-0.05, 0) is 20.8 Å². The Labute approximate surface area is 145 Å². The summed E-state index contributed by atoms with van der Waals surface area (Å²) in [5.41, 5.74) is 1.01. The average molecular weight is 349 g/mol. The van der Waals surface area contributed by atoms with Crippen LogP contribution in [0.3, 0.4) is 0 Å². The monoisotopic (exact) mass is 349 g/mol. The molecule has 2 atom stereocenters. The standard InChI is InChI=1S/C16H23N5O2S/c1-4-21-9-13(8-18-21)14-10-20(5-6-23-14)16(22)19-12(3)15-17-7-11(2)24-15/h7-9,12,14H,4-6,10H2,1-3H3,(H,19,22)/t12-,14+/m0/s1. The summed E-state index contributed by atoms with van der Waals surface area (Å²) >= 11 is 1.61. The number of hydrogen-bond donors (Lipinski definition) is 1. The number of aromatic nitrogens is 3. The van der Waals surface area contributed by atoms with E-state index in [0.717, 1.165) is 22.0 Å². The number of rotatable bonds is 4. The summed E-state index contributed by atoms with van der Waals surface area (Å²) in [4.78, 5) is 19.8. The number of thiazole rings is 1. The Kier molecular flexibility index (Phi) is 5.15. The predicted octanol–water partition coefficient (Wildman–Crippen LogP) is 2.51. The van der Waals surface area contributed by atoms with Crippen molar-refractivity contribution in [2.24, 2.45) is 0 Å². The highest BCUT2D eigenvalue weighted by Gasteiger charge is 2.27. The van der Waals surface area contributed by atoms with Gasteiger partial charge in [0.1, 0.15) is 11.1 Å². The van der Waals surface area contributed by atoms with Gasteiger partial charge in [0.15, 0.2) is 0 Å². The molecule has 24 heavy (non-hydrogen) atoms. The van der Waals surface area contributed by atoms with Crippen molar-refractivity contribution >= 4 is 17.4 Å². The molecule has 2 amide bonds. The van der Waals surface area contributed by atoms with E-state index >= 15 is 0 Å². The molecular formula is C16H23N5O2S. The van der Waals surface area contributed by atoms with Gasteiger partial charge in [0.25, 0.3) is 0 Å². The number of nitrogens with one attached hydrogen (secondary N) is 1. The van der Waals surface area contributed by atoms with E-state index in [9.17, 15) is 4.79 Å². The fourth-order valence-electron chi connectivity index (χ4n) is 2.66. The Morgan fingerprint density at radius 1 is 1.54 bits per heavy atom. The van der Waals surface area contributed by atoms with Gasteiger partial charge in [-0.15, -0.1) is 11.3 Å². The number of nitrogens with zero attached hydrogens (tertiary/aromatic N) is 4. The van der Waals surface area contributed by atoms with Crippen LogP contribution in [-0.4, -0.2) is 45.4 Å². The van der Waals surface area contributed by atoms with Crippen molar-refractivity contribution in [2.45, 2.75) is 39.5 Å². The van der Waals surface area contributed by atoms with E-state index in [1.807, 2.05) is 44.0 Å². The third kappa shape index (κ3) is 3.76. The average Bonchev–Trinajstić information content (AvgIpc) is 3.23. The fraction of sp³-hybridized carbons (Fsp3) is 0.562. The van der Waals surface area contributed by atoms with E-state index < -0.39 is 0 Å². The zero-order chi connectivity index (χ0) is 17.1. The molecule has 1 aliphatic rings. The van der Waals surface area contributed by atoms with Crippen LogP contribution in [-0.2, 0) is 11.3 Å². The van der Waals surface area contributed by atoms with E-state index in [4.69, 9.17) is 4.74 Å². The topological polar surface area (TPSA) is 72.3 Å². The van der Waals surface area contributed by atoms with Crippen molar-refractivity contribution in [1.82, 2.24) is 25.0 Å². The molecule has 0 unspecified atom stereocenters. The van der Waals surface area contributed by atoms with Gasteiger partial charge < -0.3 is 15.0 Å². The minimum absolute atomic E-state index is 0.0773. The largest absolute Gasteiger partial charge is 0.370 e. The molecule has 130 valence electrons. The van der Waals surface area contributed by atoms with Gasteiger partial charge in [0.05, 0.1) is 25.4 Å². The van der Waals surface area contributed by atoms with Crippen LogP contribution in [0.15, 0.2) is 18.6 Å². The number of urea groups is 1. The molecule has 1 saturated heterocycles. The van der Waals surface area contributed by atoms with Gasteiger partial charge >= 0.3 is 6.03 Å². The van der Waals surface area contributed by atoms with Crippen LogP contribution >= 0.6 is 11.3 Å². The minimum Gasteiger partial charge on any atom is -0.370 e. The van der Waals surface area contributed by atoms with E-state index in [2.05, 4.69) is 15.4 Å². The smallest absolute Gasteiger partial charge is 0.318 e. The second-order valence-corrected chi connectivity index (χ2v) is 7.18. The van der Waals surface area contributed by atoms with Gasteiger partial charge in [0.2, 0.25) is 0 Å². The molecule has 0 saturated carbocycles. The Balaban J connectivity index is 1.60. The lowest BCUT2D eigenvalue weighted by molar-refractivity contribution is -0.0157.